The summed E-state index contributed by atoms with van der Waals surface area (Å²) in [5.74, 6) is 0.796. The van der Waals surface area contributed by atoms with Gasteiger partial charge in [-0.1, -0.05) is 0 Å². The molecule has 0 unspecified atom stereocenters. The average molecular weight is 318 g/mol. The van der Waals surface area contributed by atoms with Gasteiger partial charge in [0.1, 0.15) is 12.4 Å². The molecule has 0 atom stereocenters. The minimum Gasteiger partial charge on any atom is -0.488 e. The van der Waals surface area contributed by atoms with E-state index in [9.17, 15) is 0 Å². The predicted octanol–water partition coefficient (Wildman–Crippen LogP) is 3.00. The molecule has 0 amide bonds. The predicted molar refractivity (Wildman–Crippen MR) is 83.3 cm³/mol. The van der Waals surface area contributed by atoms with Crippen molar-refractivity contribution in [2.45, 2.75) is 30.2 Å². The Morgan fingerprint density at radius 2 is 1.73 bits per heavy atom. The van der Waals surface area contributed by atoms with Crippen LogP contribution in [0.2, 0.25) is 0 Å². The molecule has 1 fully saturated rings. The Morgan fingerprint density at radius 3 is 2.36 bits per heavy atom. The number of hydrogen-bond donors (Lipinski definition) is 0. The maximum absolute atomic E-state index is 5.64. The lowest BCUT2D eigenvalue weighted by Crippen LogP contribution is -2.18. The van der Waals surface area contributed by atoms with E-state index < -0.39 is 0 Å². The SMILES string of the molecule is Cc1cc(C)nc(Sc2ccc(OCC3OCCO3)cc2)n1. The summed E-state index contributed by atoms with van der Waals surface area (Å²) in [6, 6.07) is 9.82. The van der Waals surface area contributed by atoms with Crippen LogP contribution in [0, 0.1) is 13.8 Å². The molecule has 22 heavy (non-hydrogen) atoms. The molecular weight excluding hydrogens is 300 g/mol. The Balaban J connectivity index is 1.58. The molecule has 2 heterocycles. The first-order chi connectivity index (χ1) is 10.7. The van der Waals surface area contributed by atoms with Gasteiger partial charge in [-0.2, -0.15) is 0 Å². The molecule has 3 rings (SSSR count). The van der Waals surface area contributed by atoms with Crippen LogP contribution < -0.4 is 4.74 Å². The van der Waals surface area contributed by atoms with Crippen LogP contribution in [0.4, 0.5) is 0 Å². The molecule has 2 aromatic rings. The monoisotopic (exact) mass is 318 g/mol. The van der Waals surface area contributed by atoms with Crippen LogP contribution in [0.15, 0.2) is 40.4 Å². The smallest absolute Gasteiger partial charge is 0.192 e. The summed E-state index contributed by atoms with van der Waals surface area (Å²) in [5.41, 5.74) is 1.96. The van der Waals surface area contributed by atoms with Gasteiger partial charge in [-0.3, -0.25) is 0 Å². The molecule has 6 heteroatoms. The van der Waals surface area contributed by atoms with Crippen LogP contribution in [0.5, 0.6) is 5.75 Å². The summed E-state index contributed by atoms with van der Waals surface area (Å²) in [4.78, 5) is 9.93. The van der Waals surface area contributed by atoms with Gasteiger partial charge in [-0.15, -0.1) is 0 Å². The van der Waals surface area contributed by atoms with Gasteiger partial charge in [0.05, 0.1) is 13.2 Å². The molecular formula is C16H18N2O3S. The lowest BCUT2D eigenvalue weighted by molar-refractivity contribution is -0.0684. The summed E-state index contributed by atoms with van der Waals surface area (Å²) in [6.07, 6.45) is -0.252. The topological polar surface area (TPSA) is 53.5 Å². The highest BCUT2D eigenvalue weighted by Crippen LogP contribution is 2.27. The highest BCUT2D eigenvalue weighted by atomic mass is 32.2. The van der Waals surface area contributed by atoms with E-state index in [1.807, 2.05) is 44.2 Å². The lowest BCUT2D eigenvalue weighted by Gasteiger charge is -2.11. The second-order valence-corrected chi connectivity index (χ2v) is 6.03. The van der Waals surface area contributed by atoms with E-state index in [4.69, 9.17) is 14.2 Å². The second-order valence-electron chi connectivity index (χ2n) is 4.99. The Bertz CT molecular complexity index is 608. The van der Waals surface area contributed by atoms with Crippen LogP contribution >= 0.6 is 11.8 Å². The fourth-order valence-electron chi connectivity index (χ4n) is 2.12. The third kappa shape index (κ3) is 4.19. The highest BCUT2D eigenvalue weighted by molar-refractivity contribution is 7.99. The van der Waals surface area contributed by atoms with Crippen molar-refractivity contribution in [2.75, 3.05) is 19.8 Å². The van der Waals surface area contributed by atoms with Gasteiger partial charge < -0.3 is 14.2 Å². The van der Waals surface area contributed by atoms with Gasteiger partial charge in [0.25, 0.3) is 0 Å². The van der Waals surface area contributed by atoms with Crippen molar-refractivity contribution in [3.8, 4) is 5.75 Å². The second kappa shape index (κ2) is 7.09. The number of benzene rings is 1. The molecule has 0 N–H and O–H groups in total. The number of hydrogen-bond acceptors (Lipinski definition) is 6. The number of rotatable bonds is 5. The van der Waals surface area contributed by atoms with Gasteiger partial charge in [-0.05, 0) is 55.9 Å². The van der Waals surface area contributed by atoms with Crippen molar-refractivity contribution in [1.29, 1.82) is 0 Å². The third-order valence-electron chi connectivity index (χ3n) is 3.07. The van der Waals surface area contributed by atoms with Gasteiger partial charge >= 0.3 is 0 Å². The Hall–Kier alpha value is -1.63. The quantitative estimate of drug-likeness (QED) is 0.790. The molecule has 1 saturated heterocycles. The number of aromatic nitrogens is 2. The molecule has 5 nitrogen and oxygen atoms in total. The number of nitrogens with zero attached hydrogens (tertiary/aromatic N) is 2. The Morgan fingerprint density at radius 1 is 1.09 bits per heavy atom. The van der Waals surface area contributed by atoms with E-state index in [0.29, 0.717) is 19.8 Å². The van der Waals surface area contributed by atoms with Crippen molar-refractivity contribution in [2.24, 2.45) is 0 Å². The Labute approximate surface area is 134 Å². The van der Waals surface area contributed by atoms with Crippen molar-refractivity contribution in [3.05, 3.63) is 41.7 Å². The molecule has 0 bridgehead atoms. The number of ether oxygens (including phenoxy) is 3. The van der Waals surface area contributed by atoms with Crippen LogP contribution in [0.1, 0.15) is 11.4 Å². The van der Waals surface area contributed by atoms with Gasteiger partial charge in [-0.25, -0.2) is 9.97 Å². The minimum atomic E-state index is -0.252. The minimum absolute atomic E-state index is 0.252. The van der Waals surface area contributed by atoms with Gasteiger partial charge in [0.15, 0.2) is 11.4 Å². The maximum Gasteiger partial charge on any atom is 0.192 e. The average Bonchev–Trinajstić information content (AvgIpc) is 2.99. The molecule has 116 valence electrons. The molecule has 0 radical (unpaired) electrons. The van der Waals surface area contributed by atoms with Gasteiger partial charge in [0, 0.05) is 16.3 Å². The van der Waals surface area contributed by atoms with Crippen molar-refractivity contribution in [1.82, 2.24) is 9.97 Å². The summed E-state index contributed by atoms with van der Waals surface area (Å²) in [7, 11) is 0. The summed E-state index contributed by atoms with van der Waals surface area (Å²) in [6.45, 7) is 5.64. The van der Waals surface area contributed by atoms with E-state index in [1.54, 1.807) is 11.8 Å². The largest absolute Gasteiger partial charge is 0.488 e. The van der Waals surface area contributed by atoms with E-state index in [1.165, 1.54) is 0 Å². The van der Waals surface area contributed by atoms with Crippen molar-refractivity contribution in [3.63, 3.8) is 0 Å². The molecule has 1 aliphatic rings. The summed E-state index contributed by atoms with van der Waals surface area (Å²) in [5, 5.41) is 0.763. The molecule has 0 aliphatic carbocycles. The Kier molecular flexibility index (Phi) is 4.92. The molecule has 1 aromatic heterocycles. The van der Waals surface area contributed by atoms with Crippen molar-refractivity contribution < 1.29 is 14.2 Å². The first-order valence-corrected chi connectivity index (χ1v) is 7.97. The number of aryl methyl sites for hydroxylation is 2. The fraction of sp³-hybridized carbons (Fsp3) is 0.375. The van der Waals surface area contributed by atoms with Crippen LogP contribution in [0.25, 0.3) is 0 Å². The molecule has 0 spiro atoms. The van der Waals surface area contributed by atoms with E-state index in [2.05, 4.69) is 9.97 Å². The zero-order valence-electron chi connectivity index (χ0n) is 12.6. The normalized spacial score (nSPS) is 15.2. The zero-order valence-corrected chi connectivity index (χ0v) is 13.4. The van der Waals surface area contributed by atoms with Crippen LogP contribution in [0.3, 0.4) is 0 Å². The summed E-state index contributed by atoms with van der Waals surface area (Å²) >= 11 is 1.54. The van der Waals surface area contributed by atoms with E-state index in [-0.39, 0.29) is 6.29 Å². The third-order valence-corrected chi connectivity index (χ3v) is 3.94. The van der Waals surface area contributed by atoms with Gasteiger partial charge in [0.2, 0.25) is 0 Å². The zero-order chi connectivity index (χ0) is 15.4. The van der Waals surface area contributed by atoms with E-state index >= 15 is 0 Å². The fourth-order valence-corrected chi connectivity index (χ4v) is 2.98. The van der Waals surface area contributed by atoms with E-state index in [0.717, 1.165) is 27.2 Å². The maximum atomic E-state index is 5.64. The first kappa shape index (κ1) is 15.3. The first-order valence-electron chi connectivity index (χ1n) is 7.15. The summed E-state index contributed by atoms with van der Waals surface area (Å²) < 4.78 is 16.3. The lowest BCUT2D eigenvalue weighted by atomic mass is 10.3. The molecule has 0 saturated carbocycles. The van der Waals surface area contributed by atoms with Crippen molar-refractivity contribution >= 4 is 11.8 Å². The standard InChI is InChI=1S/C16H18N2O3S/c1-11-9-12(2)18-16(17-11)22-14-5-3-13(4-6-14)21-10-15-19-7-8-20-15/h3-6,9,15H,7-8,10H2,1-2H3. The molecule has 1 aromatic carbocycles. The molecule has 1 aliphatic heterocycles. The highest BCUT2D eigenvalue weighted by Gasteiger charge is 2.16. The van der Waals surface area contributed by atoms with Crippen LogP contribution in [-0.2, 0) is 9.47 Å². The van der Waals surface area contributed by atoms with Crippen LogP contribution in [-0.4, -0.2) is 36.1 Å².